The van der Waals surface area contributed by atoms with Crippen molar-refractivity contribution in [2.24, 2.45) is 0 Å². The number of hydrogen-bond donors (Lipinski definition) is 10. The molecule has 0 fully saturated rings. The highest BCUT2D eigenvalue weighted by Gasteiger charge is 2.29. The van der Waals surface area contributed by atoms with Gasteiger partial charge in [-0.1, -0.05) is 20.8 Å². The van der Waals surface area contributed by atoms with Gasteiger partial charge in [-0.3, -0.25) is 0 Å². The van der Waals surface area contributed by atoms with Crippen LogP contribution < -0.4 is 22.1 Å². The van der Waals surface area contributed by atoms with E-state index in [4.69, 9.17) is 10.2 Å². The average molecular weight is 625 g/mol. The van der Waals surface area contributed by atoms with Crippen LogP contribution in [0.5, 0.6) is 0 Å². The molecule has 0 aliphatic heterocycles. The van der Waals surface area contributed by atoms with E-state index in [1.807, 2.05) is 0 Å². The highest BCUT2D eigenvalue weighted by atomic mass is 16.4. The summed E-state index contributed by atoms with van der Waals surface area (Å²) in [5.41, 5.74) is 6.85. The summed E-state index contributed by atoms with van der Waals surface area (Å²) < 4.78 is 2.15. The Labute approximate surface area is 261 Å². The maximum absolute atomic E-state index is 9.34. The van der Waals surface area contributed by atoms with Gasteiger partial charge in [0, 0.05) is 13.0 Å². The van der Waals surface area contributed by atoms with Crippen LogP contribution in [0.2, 0.25) is 0 Å². The van der Waals surface area contributed by atoms with E-state index in [2.05, 4.69) is 79.6 Å². The molecule has 264 valence electrons. The number of quaternary nitrogens is 6. The second-order valence-corrected chi connectivity index (χ2v) is 11.3. The number of nitrogens with two attached hydrogens (primary N) is 2. The molecule has 0 aliphatic rings. The first-order valence-corrected chi connectivity index (χ1v) is 16.3. The van der Waals surface area contributed by atoms with E-state index in [1.54, 1.807) is 26.3 Å². The third-order valence-electron chi connectivity index (χ3n) is 6.49. The van der Waals surface area contributed by atoms with Crippen molar-refractivity contribution >= 4 is 0 Å². The molecule has 0 spiro atoms. The molecular formula is C30H84N6O6+6. The first-order valence-electron chi connectivity index (χ1n) is 16.3. The Morgan fingerprint density at radius 1 is 0.690 bits per heavy atom. The van der Waals surface area contributed by atoms with Gasteiger partial charge in [-0.05, 0) is 40.0 Å². The van der Waals surface area contributed by atoms with Gasteiger partial charge < -0.3 is 61.7 Å². The summed E-state index contributed by atoms with van der Waals surface area (Å²) in [4.78, 5) is 0. The fourth-order valence-corrected chi connectivity index (χ4v) is 2.73. The van der Waals surface area contributed by atoms with Crippen LogP contribution in [0.4, 0.5) is 0 Å². The number of rotatable bonds is 17. The second-order valence-electron chi connectivity index (χ2n) is 11.3. The average Bonchev–Trinajstić information content (AvgIpc) is 3.00. The van der Waals surface area contributed by atoms with Crippen molar-refractivity contribution in [3.63, 3.8) is 0 Å². The Morgan fingerprint density at radius 2 is 1.12 bits per heavy atom. The van der Waals surface area contributed by atoms with Crippen LogP contribution in [-0.4, -0.2) is 172 Å². The van der Waals surface area contributed by atoms with E-state index in [0.717, 1.165) is 37.1 Å². The second kappa shape index (κ2) is 40.5. The maximum atomic E-state index is 9.34. The largest absolute Gasteiger partial charge is 0.396 e. The van der Waals surface area contributed by atoms with Crippen molar-refractivity contribution in [2.45, 2.75) is 91.6 Å². The van der Waals surface area contributed by atoms with Crippen molar-refractivity contribution in [1.29, 1.82) is 0 Å². The van der Waals surface area contributed by atoms with Crippen LogP contribution in [-0.2, 0) is 0 Å². The molecule has 16 N–H and O–H groups in total. The zero-order valence-corrected chi connectivity index (χ0v) is 30.4. The van der Waals surface area contributed by atoms with Crippen LogP contribution in [0.15, 0.2) is 0 Å². The summed E-state index contributed by atoms with van der Waals surface area (Å²) in [6.07, 6.45) is -0.904. The summed E-state index contributed by atoms with van der Waals surface area (Å²) in [7, 11) is 12.2. The lowest BCUT2D eigenvalue weighted by Gasteiger charge is -2.30. The Morgan fingerprint density at radius 3 is 1.33 bits per heavy atom. The molecule has 0 aliphatic carbocycles. The van der Waals surface area contributed by atoms with E-state index >= 15 is 0 Å². The van der Waals surface area contributed by atoms with E-state index in [9.17, 15) is 20.4 Å². The number of nitrogens with zero attached hydrogens (tertiary/aromatic N) is 2. The van der Waals surface area contributed by atoms with Gasteiger partial charge in [0.1, 0.15) is 24.9 Å². The molecule has 0 amide bonds. The van der Waals surface area contributed by atoms with E-state index < -0.39 is 24.4 Å². The van der Waals surface area contributed by atoms with E-state index in [1.165, 1.54) is 37.0 Å². The minimum Gasteiger partial charge on any atom is -0.396 e. The summed E-state index contributed by atoms with van der Waals surface area (Å²) >= 11 is 0. The smallest absolute Gasteiger partial charge is 0.131 e. The lowest BCUT2D eigenvalue weighted by molar-refractivity contribution is -0.904. The first-order chi connectivity index (χ1) is 19.6. The summed E-state index contributed by atoms with van der Waals surface area (Å²) in [6.45, 7) is 21.5. The van der Waals surface area contributed by atoms with Crippen molar-refractivity contribution in [1.82, 2.24) is 0 Å². The molecule has 12 heteroatoms. The van der Waals surface area contributed by atoms with Gasteiger partial charge in [-0.15, -0.1) is 0 Å². The predicted octanol–water partition coefficient (Wildman–Crippen LogP) is -3.95. The van der Waals surface area contributed by atoms with Gasteiger partial charge in [0.15, 0.2) is 0 Å². The Balaban J connectivity index is -0.0000000991. The van der Waals surface area contributed by atoms with Crippen molar-refractivity contribution in [3.05, 3.63) is 0 Å². The minimum atomic E-state index is -1.29. The van der Waals surface area contributed by atoms with Gasteiger partial charge in [0.25, 0.3) is 0 Å². The van der Waals surface area contributed by atoms with Crippen molar-refractivity contribution in [2.75, 3.05) is 108 Å². The van der Waals surface area contributed by atoms with Crippen LogP contribution in [0, 0.1) is 0 Å². The topological polar surface area (TPSA) is 210 Å². The molecule has 0 rings (SSSR count). The third-order valence-corrected chi connectivity index (χ3v) is 6.49. The van der Waals surface area contributed by atoms with Gasteiger partial charge in [-0.25, -0.2) is 0 Å². The molecule has 0 bridgehead atoms. The Hall–Kier alpha value is -0.480. The molecule has 0 unspecified atom stereocenters. The fraction of sp³-hybridized carbons (Fsp3) is 1.00. The van der Waals surface area contributed by atoms with Crippen molar-refractivity contribution < 1.29 is 61.7 Å². The van der Waals surface area contributed by atoms with Crippen molar-refractivity contribution in [3.8, 4) is 0 Å². The predicted molar refractivity (Wildman–Crippen MR) is 175 cm³/mol. The molecule has 0 saturated heterocycles. The van der Waals surface area contributed by atoms with Crippen LogP contribution in [0.25, 0.3) is 0 Å². The molecule has 0 heterocycles. The molecule has 0 radical (unpaired) electrons. The zero-order valence-electron chi connectivity index (χ0n) is 30.4. The number of aliphatic hydroxyl groups excluding tert-OH is 6. The minimum absolute atomic E-state index is 0.300. The highest BCUT2D eigenvalue weighted by Crippen LogP contribution is 2.06. The summed E-state index contributed by atoms with van der Waals surface area (Å²) in [5, 5.41) is 57.6. The molecule has 0 aromatic carbocycles. The monoisotopic (exact) mass is 625 g/mol. The lowest BCUT2D eigenvalue weighted by atomic mass is 10.0. The molecule has 12 nitrogen and oxygen atoms in total. The van der Waals surface area contributed by atoms with Crippen LogP contribution in [0.1, 0.15) is 67.2 Å². The molecule has 4 atom stereocenters. The van der Waals surface area contributed by atoms with Gasteiger partial charge in [0.05, 0.1) is 101 Å². The van der Waals surface area contributed by atoms with Gasteiger partial charge >= 0.3 is 0 Å². The van der Waals surface area contributed by atoms with E-state index in [0.29, 0.717) is 26.2 Å². The lowest BCUT2D eigenvalue weighted by Crippen LogP contribution is -2.85. The van der Waals surface area contributed by atoms with Crippen LogP contribution >= 0.6 is 0 Å². The maximum Gasteiger partial charge on any atom is 0.131 e. The third kappa shape index (κ3) is 46.5. The first kappa shape index (κ1) is 54.0. The number of hydrogen-bond acceptors (Lipinski definition) is 6. The van der Waals surface area contributed by atoms with Gasteiger partial charge in [-0.2, -0.15) is 0 Å². The fourth-order valence-electron chi connectivity index (χ4n) is 2.73. The number of likely N-dealkylation sites (N-methyl/N-ethyl adjacent to an activating group) is 1. The Bertz CT molecular complexity index is 444. The van der Waals surface area contributed by atoms with E-state index in [-0.39, 0.29) is 0 Å². The SMILES string of the molecule is CCC[NH2+]CCO.CCC[NH3+].CC[C@@H](O)[C@@H](O)[C@H](O)[C@@H](O)C[NH2+]C.CC[N+](C)(CC)CC.C[N+](C)(C)CCCO.C[NH3+]. The van der Waals surface area contributed by atoms with Crippen LogP contribution in [0.3, 0.4) is 0 Å². The molecule has 42 heavy (non-hydrogen) atoms. The quantitative estimate of drug-likeness (QED) is 0.0576. The summed E-state index contributed by atoms with van der Waals surface area (Å²) in [5.74, 6) is 0. The molecule has 0 aromatic heterocycles. The van der Waals surface area contributed by atoms with Gasteiger partial charge in [0.2, 0.25) is 0 Å². The molecular weight excluding hydrogens is 540 g/mol. The highest BCUT2D eigenvalue weighted by molar-refractivity contribution is 4.79. The number of aliphatic hydroxyl groups is 6. The molecule has 0 aromatic rings. The zero-order chi connectivity index (χ0) is 34.6. The standard InChI is InChI=1S/C8H19NO4.C7H18N.C6H16NO.C5H13NO.C3H9N.CH5N/c1-3-5(10)7(12)8(13)6(11)4-9-2;1-5-8(4,6-2)7-3;1-7(2,3)5-4-6-8;1-2-3-6-4-5-7;1-2-3-4;1-2/h5-13H,3-4H2,1-2H3;5-7H2,1-4H3;8H,4-6H2,1-3H3;6-7H,2-5H2,1H3;2-4H2,1H3;2H2,1H3/q;2*+1;;;/p+4/t5-,6+,7-,8-;;;;;/m1...../s1. The summed E-state index contributed by atoms with van der Waals surface area (Å²) in [6, 6.07) is 0. The Kier molecular flexibility index (Phi) is 52.1. The molecule has 0 saturated carbocycles. The normalized spacial score (nSPS) is 13.4.